The number of anilines is 1. The smallest absolute Gasteiger partial charge is 0.405 e. The highest BCUT2D eigenvalue weighted by Gasteiger charge is 2.27. The molecule has 0 saturated heterocycles. The van der Waals surface area contributed by atoms with Gasteiger partial charge in [0.05, 0.1) is 19.0 Å². The molecule has 0 fully saturated rings. The van der Waals surface area contributed by atoms with Gasteiger partial charge in [-0.1, -0.05) is 12.1 Å². The first kappa shape index (κ1) is 17.6. The number of hydrogen-bond donors (Lipinski definition) is 2. The quantitative estimate of drug-likeness (QED) is 0.742. The number of alkyl halides is 3. The van der Waals surface area contributed by atoms with Crippen LogP contribution in [-0.2, 0) is 0 Å². The van der Waals surface area contributed by atoms with Gasteiger partial charge in [-0.2, -0.15) is 13.2 Å². The summed E-state index contributed by atoms with van der Waals surface area (Å²) < 4.78 is 43.4. The van der Waals surface area contributed by atoms with Crippen molar-refractivity contribution in [3.8, 4) is 17.0 Å². The van der Waals surface area contributed by atoms with Crippen molar-refractivity contribution in [2.75, 3.05) is 19.0 Å². The van der Waals surface area contributed by atoms with Crippen molar-refractivity contribution in [2.45, 2.75) is 6.18 Å². The average molecular weight is 364 g/mol. The Morgan fingerprint density at radius 2 is 2.08 bits per heavy atom. The molecule has 1 aromatic carbocycles. The minimum atomic E-state index is -4.46. The number of amides is 2. The maximum atomic E-state index is 12.1. The highest BCUT2D eigenvalue weighted by atomic mass is 19.4. The molecule has 0 unspecified atom stereocenters. The number of urea groups is 1. The van der Waals surface area contributed by atoms with Gasteiger partial charge in [-0.3, -0.25) is 4.40 Å². The third-order valence-corrected chi connectivity index (χ3v) is 3.59. The number of imidazole rings is 1. The van der Waals surface area contributed by atoms with Crippen molar-refractivity contribution in [2.24, 2.45) is 0 Å². The first-order valence-corrected chi connectivity index (χ1v) is 7.59. The van der Waals surface area contributed by atoms with Crippen LogP contribution in [-0.4, -0.2) is 35.2 Å². The van der Waals surface area contributed by atoms with Crippen LogP contribution in [0.3, 0.4) is 0 Å². The summed E-state index contributed by atoms with van der Waals surface area (Å²) in [6.07, 6.45) is -0.999. The molecular weight excluding hydrogens is 349 g/mol. The number of carbonyl (C=O) groups is 1. The molecule has 6 nitrogen and oxygen atoms in total. The molecule has 3 rings (SSSR count). The third-order valence-electron chi connectivity index (χ3n) is 3.59. The number of aromatic nitrogens is 2. The molecule has 2 heterocycles. The van der Waals surface area contributed by atoms with E-state index in [1.165, 1.54) is 0 Å². The summed E-state index contributed by atoms with van der Waals surface area (Å²) in [7, 11) is 1.56. The number of methoxy groups -OCH3 is 1. The molecule has 0 radical (unpaired) electrons. The number of pyridine rings is 1. The summed E-state index contributed by atoms with van der Waals surface area (Å²) in [5.74, 6) is 0.673. The highest BCUT2D eigenvalue weighted by Crippen LogP contribution is 2.25. The van der Waals surface area contributed by atoms with Crippen LogP contribution in [0.1, 0.15) is 0 Å². The highest BCUT2D eigenvalue weighted by molar-refractivity contribution is 5.90. The molecule has 0 saturated carbocycles. The van der Waals surface area contributed by atoms with Crippen molar-refractivity contribution in [1.82, 2.24) is 14.7 Å². The van der Waals surface area contributed by atoms with Crippen molar-refractivity contribution in [3.63, 3.8) is 0 Å². The van der Waals surface area contributed by atoms with Gasteiger partial charge in [-0.15, -0.1) is 0 Å². The lowest BCUT2D eigenvalue weighted by Crippen LogP contribution is -2.36. The van der Waals surface area contributed by atoms with Gasteiger partial charge in [0.2, 0.25) is 0 Å². The van der Waals surface area contributed by atoms with Gasteiger partial charge in [-0.05, 0) is 18.2 Å². The van der Waals surface area contributed by atoms with Crippen LogP contribution in [0.2, 0.25) is 0 Å². The Hall–Kier alpha value is -3.23. The van der Waals surface area contributed by atoms with Crippen LogP contribution < -0.4 is 15.4 Å². The predicted molar refractivity (Wildman–Crippen MR) is 90.3 cm³/mol. The Balaban J connectivity index is 1.80. The Bertz CT molecular complexity index is 937. The van der Waals surface area contributed by atoms with E-state index < -0.39 is 18.8 Å². The van der Waals surface area contributed by atoms with Gasteiger partial charge in [0.25, 0.3) is 0 Å². The number of benzene rings is 1. The fraction of sp³-hybridized carbons (Fsp3) is 0.176. The van der Waals surface area contributed by atoms with Crippen LogP contribution >= 0.6 is 0 Å². The Kier molecular flexibility index (Phi) is 4.70. The van der Waals surface area contributed by atoms with E-state index in [0.29, 0.717) is 17.1 Å². The summed E-state index contributed by atoms with van der Waals surface area (Å²) >= 11 is 0. The molecule has 0 aliphatic carbocycles. The van der Waals surface area contributed by atoms with Crippen molar-refractivity contribution in [1.29, 1.82) is 0 Å². The van der Waals surface area contributed by atoms with Crippen LogP contribution in [0, 0.1) is 0 Å². The Morgan fingerprint density at radius 1 is 1.27 bits per heavy atom. The topological polar surface area (TPSA) is 67.7 Å². The number of nitrogens with one attached hydrogen (secondary N) is 2. The number of fused-ring (bicyclic) bond motifs is 1. The summed E-state index contributed by atoms with van der Waals surface area (Å²) in [5, 5.41) is 4.14. The minimum Gasteiger partial charge on any atom is -0.497 e. The van der Waals surface area contributed by atoms with Crippen LogP contribution in [0.4, 0.5) is 23.7 Å². The normalized spacial score (nSPS) is 11.4. The number of rotatable bonds is 4. The van der Waals surface area contributed by atoms with Gasteiger partial charge < -0.3 is 15.4 Å². The van der Waals surface area contributed by atoms with E-state index in [4.69, 9.17) is 4.74 Å². The Morgan fingerprint density at radius 3 is 2.81 bits per heavy atom. The zero-order valence-corrected chi connectivity index (χ0v) is 13.7. The molecule has 2 N–H and O–H groups in total. The number of halogens is 3. The van der Waals surface area contributed by atoms with Gasteiger partial charge in [0.1, 0.15) is 17.9 Å². The lowest BCUT2D eigenvalue weighted by Gasteiger charge is -2.10. The molecule has 0 atom stereocenters. The lowest BCUT2D eigenvalue weighted by molar-refractivity contribution is -0.122. The molecule has 2 amide bonds. The fourth-order valence-electron chi connectivity index (χ4n) is 2.41. The van der Waals surface area contributed by atoms with Gasteiger partial charge in [-0.25, -0.2) is 9.78 Å². The van der Waals surface area contributed by atoms with Crippen LogP contribution in [0.25, 0.3) is 16.9 Å². The fourth-order valence-corrected chi connectivity index (χ4v) is 2.41. The molecule has 136 valence electrons. The van der Waals surface area contributed by atoms with Crippen molar-refractivity contribution >= 4 is 17.4 Å². The SMILES string of the molecule is COc1ccn2c(-c3cccc(NC(=O)NCC(F)(F)F)c3)cnc2c1. The first-order chi connectivity index (χ1) is 12.4. The molecular formula is C17H15F3N4O2. The van der Waals surface area contributed by atoms with Crippen molar-refractivity contribution < 1.29 is 22.7 Å². The second-order valence-corrected chi connectivity index (χ2v) is 5.44. The summed E-state index contributed by atoms with van der Waals surface area (Å²) in [5.41, 5.74) is 2.56. The maximum Gasteiger partial charge on any atom is 0.405 e. The number of nitrogens with zero attached hydrogens (tertiary/aromatic N) is 2. The second-order valence-electron chi connectivity index (χ2n) is 5.44. The molecule has 9 heteroatoms. The molecule has 26 heavy (non-hydrogen) atoms. The van der Waals surface area contributed by atoms with E-state index in [2.05, 4.69) is 10.3 Å². The third kappa shape index (κ3) is 4.05. The molecule has 0 aliphatic rings. The van der Waals surface area contributed by atoms with Gasteiger partial charge in [0.15, 0.2) is 0 Å². The summed E-state index contributed by atoms with van der Waals surface area (Å²) in [6.45, 7) is -1.40. The first-order valence-electron chi connectivity index (χ1n) is 7.59. The minimum absolute atomic E-state index is 0.366. The molecule has 2 aromatic heterocycles. The molecule has 0 aliphatic heterocycles. The van der Waals surface area contributed by atoms with Crippen LogP contribution in [0.5, 0.6) is 5.75 Å². The maximum absolute atomic E-state index is 12.1. The van der Waals surface area contributed by atoms with Gasteiger partial charge >= 0.3 is 12.2 Å². The lowest BCUT2D eigenvalue weighted by atomic mass is 10.1. The van der Waals surface area contributed by atoms with E-state index in [1.54, 1.807) is 55.2 Å². The summed E-state index contributed by atoms with van der Waals surface area (Å²) in [6, 6.07) is 9.37. The molecule has 3 aromatic rings. The number of carbonyl (C=O) groups excluding carboxylic acids is 1. The van der Waals surface area contributed by atoms with Gasteiger partial charge in [0, 0.05) is 23.5 Å². The summed E-state index contributed by atoms with van der Waals surface area (Å²) in [4.78, 5) is 15.9. The van der Waals surface area contributed by atoms with E-state index in [9.17, 15) is 18.0 Å². The van der Waals surface area contributed by atoms with E-state index in [-0.39, 0.29) is 0 Å². The van der Waals surface area contributed by atoms with Crippen LogP contribution in [0.15, 0.2) is 48.8 Å². The largest absolute Gasteiger partial charge is 0.497 e. The average Bonchev–Trinajstić information content (AvgIpc) is 3.02. The molecule has 0 spiro atoms. The van der Waals surface area contributed by atoms with E-state index >= 15 is 0 Å². The molecule has 0 bridgehead atoms. The number of ether oxygens (including phenoxy) is 1. The Labute approximate surface area is 146 Å². The monoisotopic (exact) mass is 364 g/mol. The number of hydrogen-bond acceptors (Lipinski definition) is 3. The standard InChI is InChI=1S/C17H15F3N4O2/c1-26-13-5-6-24-14(9-21-15(24)8-13)11-3-2-4-12(7-11)23-16(25)22-10-17(18,19)20/h2-9H,10H2,1H3,(H2,22,23,25). The van der Waals surface area contributed by atoms with E-state index in [0.717, 1.165) is 11.3 Å². The predicted octanol–water partition coefficient (Wildman–Crippen LogP) is 3.69. The second kappa shape index (κ2) is 6.95. The van der Waals surface area contributed by atoms with E-state index in [1.807, 2.05) is 10.5 Å². The zero-order chi connectivity index (χ0) is 18.7. The van der Waals surface area contributed by atoms with Crippen molar-refractivity contribution in [3.05, 3.63) is 48.8 Å². The zero-order valence-electron chi connectivity index (χ0n) is 13.7.